The van der Waals surface area contributed by atoms with Gasteiger partial charge < -0.3 is 9.47 Å². The lowest BCUT2D eigenvalue weighted by Crippen LogP contribution is -2.22. The molecule has 1 amide bonds. The van der Waals surface area contributed by atoms with Crippen LogP contribution in [0.2, 0.25) is 0 Å². The molecule has 4 rings (SSSR count). The average Bonchev–Trinajstić information content (AvgIpc) is 3.37. The van der Waals surface area contributed by atoms with Crippen LogP contribution >= 0.6 is 11.3 Å². The van der Waals surface area contributed by atoms with E-state index in [2.05, 4.69) is 9.98 Å². The SMILES string of the molecule is COc1ccc(C2=NC(=Cc3csc(N(C(C)=O)c4ccc(C)c(C)c4)n3)C(=O)O2)cc1. The standard InChI is InChI=1S/C24H21N3O4S/c1-14-5-8-19(11-15(14)2)27(16(3)28)24-25-18(13-32-24)12-21-23(29)31-22(26-21)17-6-9-20(30-4)10-7-17/h5-13H,1-4H3. The van der Waals surface area contributed by atoms with Crippen molar-refractivity contribution in [1.29, 1.82) is 0 Å². The lowest BCUT2D eigenvalue weighted by molar-refractivity contribution is -0.130. The number of ether oxygens (including phenoxy) is 2. The Morgan fingerprint density at radius 1 is 1.12 bits per heavy atom. The predicted molar refractivity (Wildman–Crippen MR) is 124 cm³/mol. The number of thiazole rings is 1. The van der Waals surface area contributed by atoms with E-state index in [1.807, 2.05) is 32.0 Å². The van der Waals surface area contributed by atoms with Gasteiger partial charge in [-0.15, -0.1) is 11.3 Å². The minimum absolute atomic E-state index is 0.147. The van der Waals surface area contributed by atoms with Gasteiger partial charge in [0.2, 0.25) is 11.8 Å². The molecule has 32 heavy (non-hydrogen) atoms. The minimum Gasteiger partial charge on any atom is -0.497 e. The molecule has 0 fully saturated rings. The lowest BCUT2D eigenvalue weighted by Gasteiger charge is -2.19. The van der Waals surface area contributed by atoms with Gasteiger partial charge in [0.25, 0.3) is 0 Å². The van der Waals surface area contributed by atoms with Crippen LogP contribution in [-0.2, 0) is 14.3 Å². The molecule has 0 bridgehead atoms. The fourth-order valence-electron chi connectivity index (χ4n) is 3.14. The molecule has 0 aliphatic carbocycles. The molecule has 0 atom stereocenters. The van der Waals surface area contributed by atoms with Crippen molar-refractivity contribution in [2.24, 2.45) is 4.99 Å². The fourth-order valence-corrected chi connectivity index (χ4v) is 3.99. The summed E-state index contributed by atoms with van der Waals surface area (Å²) in [5.41, 5.74) is 4.31. The Hall–Kier alpha value is -3.78. The van der Waals surface area contributed by atoms with Gasteiger partial charge in [0.15, 0.2) is 10.8 Å². The number of anilines is 2. The van der Waals surface area contributed by atoms with Crippen molar-refractivity contribution < 1.29 is 19.1 Å². The first kappa shape index (κ1) is 21.5. The smallest absolute Gasteiger partial charge is 0.363 e. The van der Waals surface area contributed by atoms with Gasteiger partial charge in [-0.1, -0.05) is 6.07 Å². The number of carbonyl (C=O) groups is 2. The highest BCUT2D eigenvalue weighted by molar-refractivity contribution is 7.14. The molecule has 8 heteroatoms. The number of aryl methyl sites for hydroxylation is 2. The Kier molecular flexibility index (Phi) is 5.87. The van der Waals surface area contributed by atoms with E-state index in [9.17, 15) is 9.59 Å². The van der Waals surface area contributed by atoms with E-state index >= 15 is 0 Å². The first-order valence-corrected chi connectivity index (χ1v) is 10.7. The number of carbonyl (C=O) groups excluding carboxylic acids is 2. The number of aliphatic imine (C=N–C) groups is 1. The van der Waals surface area contributed by atoms with Gasteiger partial charge in [0, 0.05) is 17.9 Å². The van der Waals surface area contributed by atoms with Gasteiger partial charge in [0.1, 0.15) is 5.75 Å². The largest absolute Gasteiger partial charge is 0.497 e. The molecular weight excluding hydrogens is 426 g/mol. The second-order valence-electron chi connectivity index (χ2n) is 7.24. The van der Waals surface area contributed by atoms with E-state index in [1.54, 1.807) is 47.7 Å². The van der Waals surface area contributed by atoms with E-state index in [-0.39, 0.29) is 17.5 Å². The molecule has 0 saturated carbocycles. The highest BCUT2D eigenvalue weighted by Crippen LogP contribution is 2.31. The number of rotatable bonds is 5. The molecule has 1 aliphatic heterocycles. The maximum atomic E-state index is 12.4. The van der Waals surface area contributed by atoms with Crippen LogP contribution in [0.3, 0.4) is 0 Å². The zero-order valence-corrected chi connectivity index (χ0v) is 18.9. The zero-order valence-electron chi connectivity index (χ0n) is 18.1. The van der Waals surface area contributed by atoms with Gasteiger partial charge in [-0.3, -0.25) is 9.69 Å². The number of aromatic nitrogens is 1. The van der Waals surface area contributed by atoms with Crippen LogP contribution in [0.25, 0.3) is 6.08 Å². The van der Waals surface area contributed by atoms with Crippen molar-refractivity contribution in [2.45, 2.75) is 20.8 Å². The molecule has 2 heterocycles. The summed E-state index contributed by atoms with van der Waals surface area (Å²) >= 11 is 1.31. The summed E-state index contributed by atoms with van der Waals surface area (Å²) in [6.07, 6.45) is 1.55. The third kappa shape index (κ3) is 4.31. The van der Waals surface area contributed by atoms with Crippen LogP contribution in [0, 0.1) is 13.8 Å². The van der Waals surface area contributed by atoms with Crippen LogP contribution in [0.5, 0.6) is 5.75 Å². The molecule has 2 aromatic carbocycles. The Morgan fingerprint density at radius 2 is 1.88 bits per heavy atom. The van der Waals surface area contributed by atoms with Crippen molar-refractivity contribution in [2.75, 3.05) is 12.0 Å². The van der Waals surface area contributed by atoms with Crippen molar-refractivity contribution >= 4 is 46.0 Å². The maximum Gasteiger partial charge on any atom is 0.363 e. The number of nitrogens with zero attached hydrogens (tertiary/aromatic N) is 3. The molecule has 162 valence electrons. The zero-order chi connectivity index (χ0) is 22.8. The average molecular weight is 448 g/mol. The number of cyclic esters (lactones) is 1. The van der Waals surface area contributed by atoms with Gasteiger partial charge >= 0.3 is 5.97 Å². The van der Waals surface area contributed by atoms with Crippen molar-refractivity contribution in [1.82, 2.24) is 4.98 Å². The van der Waals surface area contributed by atoms with E-state index in [4.69, 9.17) is 9.47 Å². The number of benzene rings is 2. The lowest BCUT2D eigenvalue weighted by atomic mass is 10.1. The molecular formula is C24H21N3O4S. The van der Waals surface area contributed by atoms with Crippen LogP contribution in [-0.4, -0.2) is 29.9 Å². The first-order chi connectivity index (χ1) is 15.4. The Morgan fingerprint density at radius 3 is 2.53 bits per heavy atom. The number of hydrogen-bond donors (Lipinski definition) is 0. The summed E-state index contributed by atoms with van der Waals surface area (Å²) in [6.45, 7) is 5.51. The summed E-state index contributed by atoms with van der Waals surface area (Å²) in [5.74, 6) is 0.216. The fraction of sp³-hybridized carbons (Fsp3) is 0.167. The molecule has 7 nitrogen and oxygen atoms in total. The van der Waals surface area contributed by atoms with E-state index < -0.39 is 5.97 Å². The summed E-state index contributed by atoms with van der Waals surface area (Å²) in [7, 11) is 1.58. The third-order valence-electron chi connectivity index (χ3n) is 5.01. The molecule has 0 saturated heterocycles. The van der Waals surface area contributed by atoms with E-state index in [0.717, 1.165) is 16.8 Å². The number of amides is 1. The third-order valence-corrected chi connectivity index (χ3v) is 5.85. The molecule has 1 aromatic heterocycles. The van der Waals surface area contributed by atoms with Gasteiger partial charge in [-0.2, -0.15) is 0 Å². The molecule has 0 N–H and O–H groups in total. The van der Waals surface area contributed by atoms with Gasteiger partial charge in [0.05, 0.1) is 18.5 Å². The van der Waals surface area contributed by atoms with Crippen LogP contribution < -0.4 is 9.64 Å². The second-order valence-corrected chi connectivity index (χ2v) is 8.08. The Labute approximate surface area is 189 Å². The normalized spacial score (nSPS) is 14.3. The minimum atomic E-state index is -0.553. The molecule has 3 aromatic rings. The maximum absolute atomic E-state index is 12.4. The number of hydrogen-bond acceptors (Lipinski definition) is 7. The topological polar surface area (TPSA) is 81.1 Å². The Balaban J connectivity index is 1.62. The van der Waals surface area contributed by atoms with Crippen LogP contribution in [0.15, 0.2) is 58.5 Å². The van der Waals surface area contributed by atoms with Crippen molar-refractivity contribution in [3.05, 3.63) is 75.9 Å². The van der Waals surface area contributed by atoms with E-state index in [1.165, 1.54) is 18.3 Å². The van der Waals surface area contributed by atoms with Crippen LogP contribution in [0.1, 0.15) is 29.3 Å². The predicted octanol–water partition coefficient (Wildman–Crippen LogP) is 4.80. The molecule has 0 radical (unpaired) electrons. The molecule has 0 unspecified atom stereocenters. The summed E-state index contributed by atoms with van der Waals surface area (Å²) in [5, 5.41) is 2.28. The first-order valence-electron chi connectivity index (χ1n) is 9.86. The Bertz CT molecular complexity index is 1260. The summed E-state index contributed by atoms with van der Waals surface area (Å²) in [4.78, 5) is 35.1. The summed E-state index contributed by atoms with van der Waals surface area (Å²) < 4.78 is 10.4. The van der Waals surface area contributed by atoms with Crippen molar-refractivity contribution in [3.63, 3.8) is 0 Å². The highest BCUT2D eigenvalue weighted by atomic mass is 32.1. The van der Waals surface area contributed by atoms with Crippen molar-refractivity contribution in [3.8, 4) is 5.75 Å². The van der Waals surface area contributed by atoms with Gasteiger partial charge in [-0.05, 0) is 67.4 Å². The van der Waals surface area contributed by atoms with Crippen LogP contribution in [0.4, 0.5) is 10.8 Å². The highest BCUT2D eigenvalue weighted by Gasteiger charge is 2.25. The number of methoxy groups -OCH3 is 1. The molecule has 1 aliphatic rings. The monoisotopic (exact) mass is 447 g/mol. The number of esters is 1. The summed E-state index contributed by atoms with van der Waals surface area (Å²) in [6, 6.07) is 12.9. The van der Waals surface area contributed by atoms with Gasteiger partial charge in [-0.25, -0.2) is 14.8 Å². The molecule has 0 spiro atoms. The van der Waals surface area contributed by atoms with E-state index in [0.29, 0.717) is 22.1 Å². The second kappa shape index (κ2) is 8.76. The quantitative estimate of drug-likeness (QED) is 0.415.